The van der Waals surface area contributed by atoms with Crippen molar-refractivity contribution in [1.82, 2.24) is 13.1 Å². The lowest BCUT2D eigenvalue weighted by Crippen LogP contribution is -2.42. The number of urea groups is 1. The van der Waals surface area contributed by atoms with Crippen molar-refractivity contribution < 1.29 is 14.3 Å². The van der Waals surface area contributed by atoms with E-state index >= 15 is 0 Å². The zero-order chi connectivity index (χ0) is 29.6. The van der Waals surface area contributed by atoms with Crippen LogP contribution in [0.15, 0.2) is 73.1 Å². The molecule has 1 fully saturated rings. The number of benzene rings is 3. The van der Waals surface area contributed by atoms with Gasteiger partial charge in [0, 0.05) is 72.6 Å². The van der Waals surface area contributed by atoms with E-state index in [1.54, 1.807) is 31.3 Å². The molecule has 0 bridgehead atoms. The molecule has 0 unspecified atom stereocenters. The summed E-state index contributed by atoms with van der Waals surface area (Å²) < 4.78 is 13.1. The van der Waals surface area contributed by atoms with Gasteiger partial charge in [-0.1, -0.05) is 18.2 Å². The number of piperazine rings is 1. The monoisotopic (exact) mass is 679 g/mol. The van der Waals surface area contributed by atoms with Crippen molar-refractivity contribution in [3.8, 4) is 11.5 Å². The number of amides is 2. The van der Waals surface area contributed by atoms with E-state index in [0.29, 0.717) is 34.5 Å². The minimum absolute atomic E-state index is 0.328. The molecule has 218 valence electrons. The maximum Gasteiger partial charge on any atom is 0.332 e. The Balaban J connectivity index is 1.48. The first-order valence-electron chi connectivity index (χ1n) is 13.6. The van der Waals surface area contributed by atoms with Gasteiger partial charge in [0.15, 0.2) is 0 Å². The number of para-hydroxylation sites is 1. The number of hydrogen-bond donors (Lipinski definition) is 2. The number of halogens is 1. The Hall–Kier alpha value is -4.10. The largest absolute Gasteiger partial charge is 0.497 e. The van der Waals surface area contributed by atoms with Crippen molar-refractivity contribution in [3.05, 3.63) is 84.2 Å². The van der Waals surface area contributed by atoms with Crippen LogP contribution in [0.1, 0.15) is 11.1 Å². The SMILES string of the molecule is COc1ccc(Nc2cc(N(C(=O)Nc3c(C)cccc3C)c3ccc(N4CCN(I)CC4)cc3)ncn2)c(OC)c1. The fourth-order valence-electron chi connectivity index (χ4n) is 4.86. The number of methoxy groups -OCH3 is 2. The number of aromatic nitrogens is 2. The number of ether oxygens (including phenoxy) is 2. The molecule has 0 saturated carbocycles. The van der Waals surface area contributed by atoms with Crippen LogP contribution < -0.4 is 29.9 Å². The maximum absolute atomic E-state index is 14.0. The summed E-state index contributed by atoms with van der Waals surface area (Å²) in [6, 6.07) is 20.8. The molecule has 5 rings (SSSR count). The topological polar surface area (TPSA) is 95.1 Å². The Kier molecular flexibility index (Phi) is 9.28. The zero-order valence-corrected chi connectivity index (χ0v) is 26.3. The van der Waals surface area contributed by atoms with Crippen molar-refractivity contribution in [1.29, 1.82) is 0 Å². The first kappa shape index (κ1) is 29.4. The van der Waals surface area contributed by atoms with Gasteiger partial charge >= 0.3 is 6.03 Å². The molecular formula is C31H34IN7O3. The highest BCUT2D eigenvalue weighted by molar-refractivity contribution is 14.1. The third-order valence-corrected chi connectivity index (χ3v) is 8.13. The van der Waals surface area contributed by atoms with Crippen LogP contribution in [0, 0.1) is 13.8 Å². The molecule has 1 aromatic heterocycles. The molecule has 4 aromatic rings. The van der Waals surface area contributed by atoms with Gasteiger partial charge in [-0.05, 0) is 61.4 Å². The number of hydrogen-bond acceptors (Lipinski definition) is 8. The normalized spacial score (nSPS) is 13.4. The van der Waals surface area contributed by atoms with Crippen LogP contribution in [-0.4, -0.2) is 59.5 Å². The Labute approximate surface area is 260 Å². The van der Waals surface area contributed by atoms with Gasteiger partial charge in [0.1, 0.15) is 29.5 Å². The van der Waals surface area contributed by atoms with E-state index in [-0.39, 0.29) is 6.03 Å². The second-order valence-corrected chi connectivity index (χ2v) is 11.3. The fraction of sp³-hybridized carbons (Fsp3) is 0.258. The minimum Gasteiger partial charge on any atom is -0.497 e. The molecule has 1 aliphatic rings. The van der Waals surface area contributed by atoms with E-state index in [9.17, 15) is 4.79 Å². The summed E-state index contributed by atoms with van der Waals surface area (Å²) in [5, 5.41) is 6.40. The molecule has 2 N–H and O–H groups in total. The molecule has 10 nitrogen and oxygen atoms in total. The quantitative estimate of drug-likeness (QED) is 0.157. The lowest BCUT2D eigenvalue weighted by molar-refractivity contribution is 0.259. The molecule has 3 aromatic carbocycles. The van der Waals surface area contributed by atoms with Gasteiger partial charge in [-0.3, -0.25) is 0 Å². The van der Waals surface area contributed by atoms with Crippen LogP contribution in [0.3, 0.4) is 0 Å². The van der Waals surface area contributed by atoms with Crippen LogP contribution >= 0.6 is 22.9 Å². The molecular weight excluding hydrogens is 645 g/mol. The average molecular weight is 680 g/mol. The van der Waals surface area contributed by atoms with Crippen molar-refractivity contribution >= 4 is 63.3 Å². The highest BCUT2D eigenvalue weighted by atomic mass is 127. The Morgan fingerprint density at radius 1 is 0.905 bits per heavy atom. The van der Waals surface area contributed by atoms with Crippen LogP contribution in [0.2, 0.25) is 0 Å². The Morgan fingerprint density at radius 3 is 2.29 bits per heavy atom. The van der Waals surface area contributed by atoms with Gasteiger partial charge in [0.25, 0.3) is 0 Å². The second-order valence-electron chi connectivity index (χ2n) is 9.90. The highest BCUT2D eigenvalue weighted by Crippen LogP contribution is 2.33. The van der Waals surface area contributed by atoms with Gasteiger partial charge in [0.2, 0.25) is 0 Å². The van der Waals surface area contributed by atoms with Crippen molar-refractivity contribution in [2.75, 3.05) is 60.8 Å². The van der Waals surface area contributed by atoms with Gasteiger partial charge in [-0.2, -0.15) is 0 Å². The van der Waals surface area contributed by atoms with Gasteiger partial charge < -0.3 is 25.0 Å². The first-order chi connectivity index (χ1) is 20.4. The third-order valence-electron chi connectivity index (χ3n) is 7.17. The predicted molar refractivity (Wildman–Crippen MR) is 176 cm³/mol. The summed E-state index contributed by atoms with van der Waals surface area (Å²) >= 11 is 2.37. The number of nitrogens with one attached hydrogen (secondary N) is 2. The minimum atomic E-state index is -0.328. The summed E-state index contributed by atoms with van der Waals surface area (Å²) in [7, 11) is 3.20. The third kappa shape index (κ3) is 6.68. The number of nitrogens with zero attached hydrogens (tertiary/aromatic N) is 5. The van der Waals surface area contributed by atoms with Crippen molar-refractivity contribution in [3.63, 3.8) is 0 Å². The van der Waals surface area contributed by atoms with Crippen LogP contribution in [0.25, 0.3) is 0 Å². The molecule has 2 amide bonds. The lowest BCUT2D eigenvalue weighted by atomic mass is 10.1. The van der Waals surface area contributed by atoms with E-state index in [0.717, 1.165) is 48.7 Å². The van der Waals surface area contributed by atoms with E-state index in [1.807, 2.05) is 56.3 Å². The number of aryl methyl sites for hydroxylation is 2. The molecule has 0 atom stereocenters. The molecule has 0 radical (unpaired) electrons. The van der Waals surface area contributed by atoms with Gasteiger partial charge in [0.05, 0.1) is 25.6 Å². The molecule has 11 heteroatoms. The number of anilines is 6. The smallest absolute Gasteiger partial charge is 0.332 e. The van der Waals surface area contributed by atoms with E-state index in [2.05, 4.69) is 63.6 Å². The fourth-order valence-corrected chi connectivity index (χ4v) is 5.29. The predicted octanol–water partition coefficient (Wildman–Crippen LogP) is 6.70. The molecule has 0 spiro atoms. The van der Waals surface area contributed by atoms with Gasteiger partial charge in [-0.25, -0.2) is 22.8 Å². The first-order valence-corrected chi connectivity index (χ1v) is 14.6. The van der Waals surface area contributed by atoms with Crippen LogP contribution in [0.5, 0.6) is 11.5 Å². The maximum atomic E-state index is 14.0. The number of carbonyl (C=O) groups is 1. The van der Waals surface area contributed by atoms with E-state index < -0.39 is 0 Å². The van der Waals surface area contributed by atoms with Gasteiger partial charge in [-0.15, -0.1) is 0 Å². The molecule has 0 aliphatic carbocycles. The standard InChI is InChI=1S/C31H34IN7O3/c1-21-6-5-7-22(2)30(21)36-31(40)39(24-10-8-23(9-11-24)37-14-16-38(32)17-15-37)29-19-28(33-20-34-29)35-26-13-12-25(41-3)18-27(26)42-4/h5-13,18-20H,14-17H2,1-4H3,(H,36,40)(H,33,34,35). The molecule has 1 aliphatic heterocycles. The summed E-state index contributed by atoms with van der Waals surface area (Å²) in [5.41, 5.74) is 5.23. The Morgan fingerprint density at radius 2 is 1.62 bits per heavy atom. The summed E-state index contributed by atoms with van der Waals surface area (Å²) in [5.74, 6) is 2.18. The summed E-state index contributed by atoms with van der Waals surface area (Å²) in [4.78, 5) is 26.8. The second kappa shape index (κ2) is 13.3. The molecule has 42 heavy (non-hydrogen) atoms. The zero-order valence-electron chi connectivity index (χ0n) is 24.1. The van der Waals surface area contributed by atoms with Crippen molar-refractivity contribution in [2.24, 2.45) is 0 Å². The number of rotatable bonds is 8. The van der Waals surface area contributed by atoms with E-state index in [4.69, 9.17) is 9.47 Å². The molecule has 1 saturated heterocycles. The van der Waals surface area contributed by atoms with Crippen LogP contribution in [0.4, 0.5) is 39.2 Å². The average Bonchev–Trinajstić information content (AvgIpc) is 3.00. The lowest BCUT2D eigenvalue weighted by Gasteiger charge is -2.33. The molecule has 2 heterocycles. The summed E-state index contributed by atoms with van der Waals surface area (Å²) in [6.45, 7) is 7.87. The summed E-state index contributed by atoms with van der Waals surface area (Å²) in [6.07, 6.45) is 1.44. The van der Waals surface area contributed by atoms with Crippen molar-refractivity contribution in [2.45, 2.75) is 13.8 Å². The highest BCUT2D eigenvalue weighted by Gasteiger charge is 2.23. The Bertz CT molecular complexity index is 1520. The van der Waals surface area contributed by atoms with E-state index in [1.165, 1.54) is 6.33 Å². The number of carbonyl (C=O) groups excluding carboxylic acids is 1. The van der Waals surface area contributed by atoms with Crippen LogP contribution in [-0.2, 0) is 0 Å².